The first-order valence-corrected chi connectivity index (χ1v) is 9.06. The summed E-state index contributed by atoms with van der Waals surface area (Å²) in [4.78, 5) is 11.9. The molecule has 126 valence electrons. The summed E-state index contributed by atoms with van der Waals surface area (Å²) in [6.45, 7) is 4.19. The zero-order chi connectivity index (χ0) is 17.0. The van der Waals surface area contributed by atoms with Crippen molar-refractivity contribution < 1.29 is 18.2 Å². The zero-order valence-electron chi connectivity index (χ0n) is 13.8. The molecule has 0 saturated carbocycles. The maximum atomic E-state index is 11.9. The molecular weight excluding hydrogens is 316 g/mol. The van der Waals surface area contributed by atoms with Crippen LogP contribution in [-0.2, 0) is 10.8 Å². The number of carbonyl (C=O) groups is 1. The highest BCUT2D eigenvalue weighted by molar-refractivity contribution is 7.84. The van der Waals surface area contributed by atoms with Gasteiger partial charge in [0.25, 0.3) is 0 Å². The molecule has 0 aliphatic carbocycles. The summed E-state index contributed by atoms with van der Waals surface area (Å²) in [5.41, 5.74) is 1.73. The van der Waals surface area contributed by atoms with Crippen LogP contribution in [0.2, 0.25) is 0 Å². The number of ether oxygens (including phenoxy) is 1. The molecule has 1 aromatic heterocycles. The van der Waals surface area contributed by atoms with Crippen molar-refractivity contribution in [2.45, 2.75) is 19.9 Å². The van der Waals surface area contributed by atoms with Crippen LogP contribution < -0.4 is 15.4 Å². The van der Waals surface area contributed by atoms with Gasteiger partial charge in [-0.1, -0.05) is 0 Å². The van der Waals surface area contributed by atoms with Gasteiger partial charge in [-0.25, -0.2) is 4.79 Å². The highest BCUT2D eigenvalue weighted by Crippen LogP contribution is 2.31. The monoisotopic (exact) mass is 338 g/mol. The largest absolute Gasteiger partial charge is 0.497 e. The number of carbonyl (C=O) groups excluding carboxylic acids is 1. The molecule has 2 amide bonds. The molecule has 0 aliphatic heterocycles. The summed E-state index contributed by atoms with van der Waals surface area (Å²) >= 11 is 0. The van der Waals surface area contributed by atoms with Crippen molar-refractivity contribution in [3.63, 3.8) is 0 Å². The van der Waals surface area contributed by atoms with Gasteiger partial charge in [0.1, 0.15) is 17.1 Å². The molecule has 0 fully saturated rings. The van der Waals surface area contributed by atoms with E-state index in [1.54, 1.807) is 13.4 Å². The second kappa shape index (κ2) is 7.50. The average molecular weight is 338 g/mol. The Kier molecular flexibility index (Phi) is 5.65. The number of rotatable bonds is 6. The predicted molar refractivity (Wildman–Crippen MR) is 91.4 cm³/mol. The molecule has 6 nitrogen and oxygen atoms in total. The van der Waals surface area contributed by atoms with Gasteiger partial charge < -0.3 is 19.8 Å². The highest BCUT2D eigenvalue weighted by atomic mass is 32.2. The van der Waals surface area contributed by atoms with Crippen LogP contribution in [0.4, 0.5) is 4.79 Å². The maximum absolute atomic E-state index is 11.9. The number of aryl methyl sites for hydroxylation is 1. The van der Waals surface area contributed by atoms with E-state index in [2.05, 4.69) is 10.6 Å². The van der Waals surface area contributed by atoms with E-state index < -0.39 is 10.8 Å². The van der Waals surface area contributed by atoms with E-state index in [4.69, 9.17) is 9.15 Å². The summed E-state index contributed by atoms with van der Waals surface area (Å²) in [5, 5.41) is 6.48. The van der Waals surface area contributed by atoms with E-state index in [1.165, 1.54) is 0 Å². The van der Waals surface area contributed by atoms with E-state index in [0.29, 0.717) is 18.1 Å². The molecule has 0 spiro atoms. The molecule has 0 radical (unpaired) electrons. The van der Waals surface area contributed by atoms with Gasteiger partial charge in [-0.2, -0.15) is 0 Å². The lowest BCUT2D eigenvalue weighted by Crippen LogP contribution is -2.38. The van der Waals surface area contributed by atoms with Gasteiger partial charge in [0.15, 0.2) is 0 Å². The van der Waals surface area contributed by atoms with Gasteiger partial charge >= 0.3 is 6.03 Å². The molecule has 7 heteroatoms. The number of hydrogen-bond acceptors (Lipinski definition) is 4. The predicted octanol–water partition coefficient (Wildman–Crippen LogP) is 2.49. The molecule has 2 atom stereocenters. The second-order valence-corrected chi connectivity index (χ2v) is 6.91. The number of nitrogens with one attached hydrogen (secondary N) is 2. The van der Waals surface area contributed by atoms with E-state index in [0.717, 1.165) is 22.3 Å². The first-order valence-electron chi connectivity index (χ1n) is 7.33. The van der Waals surface area contributed by atoms with Crippen LogP contribution in [0.25, 0.3) is 11.0 Å². The third-order valence-electron chi connectivity index (χ3n) is 3.60. The second-order valence-electron chi connectivity index (χ2n) is 5.35. The lowest BCUT2D eigenvalue weighted by atomic mass is 10.1. The van der Waals surface area contributed by atoms with Crippen molar-refractivity contribution in [3.05, 3.63) is 29.5 Å². The minimum atomic E-state index is -0.921. The maximum Gasteiger partial charge on any atom is 0.315 e. The molecule has 2 rings (SSSR count). The van der Waals surface area contributed by atoms with E-state index in [9.17, 15) is 9.00 Å². The van der Waals surface area contributed by atoms with Crippen molar-refractivity contribution in [2.24, 2.45) is 0 Å². The number of fused-ring (bicyclic) bond motifs is 1. The Morgan fingerprint density at radius 2 is 2.17 bits per heavy atom. The number of hydrogen-bond donors (Lipinski definition) is 2. The first-order chi connectivity index (χ1) is 10.9. The minimum absolute atomic E-state index is 0.277. The molecule has 2 N–H and O–H groups in total. The van der Waals surface area contributed by atoms with Crippen LogP contribution in [0.15, 0.2) is 22.6 Å². The lowest BCUT2D eigenvalue weighted by Gasteiger charge is -2.13. The molecular formula is C16H22N2O4S. The Bertz CT molecular complexity index is 726. The zero-order valence-corrected chi connectivity index (χ0v) is 14.6. The van der Waals surface area contributed by atoms with Gasteiger partial charge in [0.05, 0.1) is 13.2 Å². The molecule has 23 heavy (non-hydrogen) atoms. The van der Waals surface area contributed by atoms with Crippen molar-refractivity contribution in [3.8, 4) is 5.75 Å². The standard InChI is InChI=1S/C16H22N2O4S/c1-10-13-9-12(21-3)5-6-14(13)22-15(10)11(2)18-16(19)17-7-8-23(4)20/h5-6,9,11H,7-8H2,1-4H3,(H2,17,18,19)/t11-,23-/m0/s1. The normalized spacial score (nSPS) is 13.6. The Balaban J connectivity index is 2.08. The summed E-state index contributed by atoms with van der Waals surface area (Å²) in [6, 6.07) is 5.03. The Hall–Kier alpha value is -2.02. The highest BCUT2D eigenvalue weighted by Gasteiger charge is 2.18. The summed E-state index contributed by atoms with van der Waals surface area (Å²) in [5.74, 6) is 1.91. The van der Waals surface area contributed by atoms with Crippen LogP contribution in [-0.4, -0.2) is 35.9 Å². The van der Waals surface area contributed by atoms with Crippen molar-refractivity contribution in [2.75, 3.05) is 25.7 Å². The van der Waals surface area contributed by atoms with Crippen molar-refractivity contribution in [1.82, 2.24) is 10.6 Å². The lowest BCUT2D eigenvalue weighted by molar-refractivity contribution is 0.237. The van der Waals surface area contributed by atoms with Crippen molar-refractivity contribution >= 4 is 27.8 Å². The molecule has 2 aromatic rings. The Morgan fingerprint density at radius 3 is 2.83 bits per heavy atom. The smallest absolute Gasteiger partial charge is 0.315 e. The number of methoxy groups -OCH3 is 1. The minimum Gasteiger partial charge on any atom is -0.497 e. The third-order valence-corrected chi connectivity index (χ3v) is 4.38. The van der Waals surface area contributed by atoms with Crippen molar-refractivity contribution in [1.29, 1.82) is 0 Å². The summed E-state index contributed by atoms with van der Waals surface area (Å²) in [7, 11) is 0.699. The molecule has 1 heterocycles. The van der Waals surface area contributed by atoms with Gasteiger partial charge in [0.2, 0.25) is 0 Å². The van der Waals surface area contributed by atoms with Gasteiger partial charge in [-0.15, -0.1) is 0 Å². The average Bonchev–Trinajstić information content (AvgIpc) is 2.83. The first kappa shape index (κ1) is 17.3. The molecule has 0 unspecified atom stereocenters. The SMILES string of the molecule is COc1ccc2oc([C@H](C)NC(=O)NCC[S@](C)=O)c(C)c2c1. The van der Waals surface area contributed by atoms with E-state index in [-0.39, 0.29) is 12.1 Å². The number of benzene rings is 1. The Labute approximate surface area is 138 Å². The number of urea groups is 1. The fraction of sp³-hybridized carbons (Fsp3) is 0.438. The van der Waals surface area contributed by atoms with Gasteiger partial charge in [-0.05, 0) is 32.0 Å². The topological polar surface area (TPSA) is 80.6 Å². The van der Waals surface area contributed by atoms with Crippen LogP contribution in [0.3, 0.4) is 0 Å². The summed E-state index contributed by atoms with van der Waals surface area (Å²) in [6.07, 6.45) is 1.61. The molecule has 0 aliphatic rings. The molecule has 0 bridgehead atoms. The van der Waals surface area contributed by atoms with Gasteiger partial charge in [-0.3, -0.25) is 4.21 Å². The van der Waals surface area contributed by atoms with Crippen LogP contribution in [0, 0.1) is 6.92 Å². The van der Waals surface area contributed by atoms with Gasteiger partial charge in [0, 0.05) is 40.3 Å². The number of amides is 2. The number of furan rings is 1. The molecule has 1 aromatic carbocycles. The van der Waals surface area contributed by atoms with E-state index in [1.807, 2.05) is 32.0 Å². The Morgan fingerprint density at radius 1 is 1.43 bits per heavy atom. The quantitative estimate of drug-likeness (QED) is 0.848. The third kappa shape index (κ3) is 4.25. The van der Waals surface area contributed by atoms with E-state index >= 15 is 0 Å². The fourth-order valence-electron chi connectivity index (χ4n) is 2.38. The molecule has 0 saturated heterocycles. The van der Waals surface area contributed by atoms with Crippen LogP contribution in [0.5, 0.6) is 5.75 Å². The van der Waals surface area contributed by atoms with Crippen LogP contribution in [0.1, 0.15) is 24.3 Å². The fourth-order valence-corrected chi connectivity index (χ4v) is 2.77. The van der Waals surface area contributed by atoms with Crippen LogP contribution >= 0.6 is 0 Å². The summed E-state index contributed by atoms with van der Waals surface area (Å²) < 4.78 is 22.1.